The Balaban J connectivity index is 1.60. The number of rotatable bonds is 5. The second-order valence-electron chi connectivity index (χ2n) is 6.39. The zero-order valence-electron chi connectivity index (χ0n) is 13.1. The third kappa shape index (κ3) is 3.71. The Kier molecular flexibility index (Phi) is 4.63. The number of carbonyl (C=O) groups is 2. The molecule has 1 aliphatic heterocycles. The van der Waals surface area contributed by atoms with Crippen LogP contribution in [0.5, 0.6) is 0 Å². The molecule has 6 heteroatoms. The Morgan fingerprint density at radius 3 is 2.17 bits per heavy atom. The van der Waals surface area contributed by atoms with Gasteiger partial charge in [0.1, 0.15) is 0 Å². The maximum atomic E-state index is 12.6. The lowest BCUT2D eigenvalue weighted by atomic mass is 9.79. The van der Waals surface area contributed by atoms with Gasteiger partial charge in [0.15, 0.2) is 0 Å². The molecule has 0 atom stereocenters. The SMILES string of the molecule is NCC1(C(=O)Nc2ccc(NC(=O)C3CC3)cc2)CCOCC1. The highest BCUT2D eigenvalue weighted by Gasteiger charge is 2.38. The number of hydrogen-bond acceptors (Lipinski definition) is 4. The van der Waals surface area contributed by atoms with E-state index in [2.05, 4.69) is 10.6 Å². The van der Waals surface area contributed by atoms with E-state index >= 15 is 0 Å². The van der Waals surface area contributed by atoms with Gasteiger partial charge in [0, 0.05) is 37.1 Å². The minimum Gasteiger partial charge on any atom is -0.381 e. The molecule has 124 valence electrons. The first-order chi connectivity index (χ1) is 11.1. The molecule has 0 radical (unpaired) electrons. The van der Waals surface area contributed by atoms with Crippen molar-refractivity contribution in [2.24, 2.45) is 17.1 Å². The summed E-state index contributed by atoms with van der Waals surface area (Å²) in [6.07, 6.45) is 3.24. The van der Waals surface area contributed by atoms with E-state index in [0.29, 0.717) is 38.3 Å². The lowest BCUT2D eigenvalue weighted by Crippen LogP contribution is -2.46. The number of anilines is 2. The molecule has 23 heavy (non-hydrogen) atoms. The largest absolute Gasteiger partial charge is 0.381 e. The van der Waals surface area contributed by atoms with Crippen molar-refractivity contribution >= 4 is 23.2 Å². The van der Waals surface area contributed by atoms with E-state index in [1.54, 1.807) is 24.3 Å². The summed E-state index contributed by atoms with van der Waals surface area (Å²) in [7, 11) is 0. The summed E-state index contributed by atoms with van der Waals surface area (Å²) in [6.45, 7) is 1.45. The number of amides is 2. The Hall–Kier alpha value is -1.92. The fourth-order valence-corrected chi connectivity index (χ4v) is 2.78. The number of hydrogen-bond donors (Lipinski definition) is 3. The molecule has 2 fully saturated rings. The van der Waals surface area contributed by atoms with Crippen molar-refractivity contribution in [2.45, 2.75) is 25.7 Å². The number of ether oxygens (including phenoxy) is 1. The lowest BCUT2D eigenvalue weighted by Gasteiger charge is -2.34. The third-order valence-corrected chi connectivity index (χ3v) is 4.68. The average Bonchev–Trinajstić information content (AvgIpc) is 3.42. The highest BCUT2D eigenvalue weighted by molar-refractivity contribution is 5.97. The van der Waals surface area contributed by atoms with Gasteiger partial charge in [-0.1, -0.05) is 0 Å². The number of benzene rings is 1. The Bertz CT molecular complexity index is 575. The van der Waals surface area contributed by atoms with E-state index < -0.39 is 5.41 Å². The Morgan fingerprint density at radius 1 is 1.09 bits per heavy atom. The Labute approximate surface area is 135 Å². The molecule has 0 unspecified atom stereocenters. The monoisotopic (exact) mass is 317 g/mol. The molecule has 1 aromatic carbocycles. The molecule has 1 saturated carbocycles. The molecule has 1 heterocycles. The van der Waals surface area contributed by atoms with Crippen molar-refractivity contribution in [2.75, 3.05) is 30.4 Å². The van der Waals surface area contributed by atoms with E-state index in [4.69, 9.17) is 10.5 Å². The van der Waals surface area contributed by atoms with Crippen LogP contribution < -0.4 is 16.4 Å². The van der Waals surface area contributed by atoms with Crippen LogP contribution in [0.15, 0.2) is 24.3 Å². The predicted molar refractivity (Wildman–Crippen MR) is 88.0 cm³/mol. The van der Waals surface area contributed by atoms with Crippen molar-refractivity contribution in [1.29, 1.82) is 0 Å². The van der Waals surface area contributed by atoms with Crippen molar-refractivity contribution < 1.29 is 14.3 Å². The number of carbonyl (C=O) groups excluding carboxylic acids is 2. The quantitative estimate of drug-likeness (QED) is 0.771. The van der Waals surface area contributed by atoms with Crippen molar-refractivity contribution in [3.63, 3.8) is 0 Å². The molecule has 0 aromatic heterocycles. The molecule has 6 nitrogen and oxygen atoms in total. The molecular formula is C17H23N3O3. The normalized spacial score (nSPS) is 19.9. The van der Waals surface area contributed by atoms with Crippen LogP contribution >= 0.6 is 0 Å². The summed E-state index contributed by atoms with van der Waals surface area (Å²) in [4.78, 5) is 24.3. The van der Waals surface area contributed by atoms with Gasteiger partial charge < -0.3 is 21.1 Å². The van der Waals surface area contributed by atoms with Gasteiger partial charge in [-0.25, -0.2) is 0 Å². The van der Waals surface area contributed by atoms with Gasteiger partial charge in [0.2, 0.25) is 11.8 Å². The third-order valence-electron chi connectivity index (χ3n) is 4.68. The van der Waals surface area contributed by atoms with Crippen LogP contribution in [0, 0.1) is 11.3 Å². The van der Waals surface area contributed by atoms with Crippen LogP contribution in [0.2, 0.25) is 0 Å². The molecule has 1 aromatic rings. The van der Waals surface area contributed by atoms with Crippen LogP contribution in [0.1, 0.15) is 25.7 Å². The molecule has 0 spiro atoms. The average molecular weight is 317 g/mol. The maximum absolute atomic E-state index is 12.6. The molecular weight excluding hydrogens is 294 g/mol. The zero-order valence-corrected chi connectivity index (χ0v) is 13.1. The Morgan fingerprint density at radius 2 is 1.65 bits per heavy atom. The standard InChI is InChI=1S/C17H23N3O3/c18-11-17(7-9-23-10-8-17)16(22)20-14-5-3-13(4-6-14)19-15(21)12-1-2-12/h3-6,12H,1-2,7-11,18H2,(H,19,21)(H,20,22). The molecule has 2 aliphatic rings. The minimum absolute atomic E-state index is 0.0573. The van der Waals surface area contributed by atoms with E-state index in [1.807, 2.05) is 0 Å². The van der Waals surface area contributed by atoms with Crippen LogP contribution in [0.4, 0.5) is 11.4 Å². The van der Waals surface area contributed by atoms with Gasteiger partial charge in [-0.05, 0) is 49.9 Å². The van der Waals surface area contributed by atoms with Gasteiger partial charge in [-0.15, -0.1) is 0 Å². The first-order valence-electron chi connectivity index (χ1n) is 8.13. The topological polar surface area (TPSA) is 93.5 Å². The highest BCUT2D eigenvalue weighted by atomic mass is 16.5. The summed E-state index contributed by atoms with van der Waals surface area (Å²) in [5.41, 5.74) is 6.75. The van der Waals surface area contributed by atoms with E-state index in [9.17, 15) is 9.59 Å². The smallest absolute Gasteiger partial charge is 0.232 e. The lowest BCUT2D eigenvalue weighted by molar-refractivity contribution is -0.130. The first kappa shape index (κ1) is 16.0. The van der Waals surface area contributed by atoms with Crippen LogP contribution in [0.3, 0.4) is 0 Å². The van der Waals surface area contributed by atoms with Crippen LogP contribution in [-0.4, -0.2) is 31.6 Å². The molecule has 2 amide bonds. The van der Waals surface area contributed by atoms with Crippen LogP contribution in [-0.2, 0) is 14.3 Å². The van der Waals surface area contributed by atoms with Gasteiger partial charge >= 0.3 is 0 Å². The summed E-state index contributed by atoms with van der Waals surface area (Å²) in [5, 5.41) is 5.81. The highest BCUT2D eigenvalue weighted by Crippen LogP contribution is 2.32. The molecule has 0 bridgehead atoms. The van der Waals surface area contributed by atoms with Crippen molar-refractivity contribution in [1.82, 2.24) is 0 Å². The second kappa shape index (κ2) is 6.68. The van der Waals surface area contributed by atoms with E-state index in [-0.39, 0.29) is 17.7 Å². The zero-order chi connectivity index (χ0) is 16.3. The molecule has 1 aliphatic carbocycles. The minimum atomic E-state index is -0.545. The summed E-state index contributed by atoms with van der Waals surface area (Å²) >= 11 is 0. The first-order valence-corrected chi connectivity index (χ1v) is 8.13. The molecule has 4 N–H and O–H groups in total. The van der Waals surface area contributed by atoms with Crippen molar-refractivity contribution in [3.8, 4) is 0 Å². The van der Waals surface area contributed by atoms with E-state index in [1.165, 1.54) is 0 Å². The summed E-state index contributed by atoms with van der Waals surface area (Å²) in [6, 6.07) is 7.19. The predicted octanol–water partition coefficient (Wildman–Crippen LogP) is 1.73. The molecule has 3 rings (SSSR count). The number of nitrogens with two attached hydrogens (primary N) is 1. The van der Waals surface area contributed by atoms with Crippen molar-refractivity contribution in [3.05, 3.63) is 24.3 Å². The second-order valence-corrected chi connectivity index (χ2v) is 6.39. The fourth-order valence-electron chi connectivity index (χ4n) is 2.78. The fraction of sp³-hybridized carbons (Fsp3) is 0.529. The summed E-state index contributed by atoms with van der Waals surface area (Å²) in [5.74, 6) is 0.191. The number of nitrogens with one attached hydrogen (secondary N) is 2. The van der Waals surface area contributed by atoms with Gasteiger partial charge in [0.25, 0.3) is 0 Å². The van der Waals surface area contributed by atoms with E-state index in [0.717, 1.165) is 18.5 Å². The summed E-state index contributed by atoms with van der Waals surface area (Å²) < 4.78 is 5.33. The van der Waals surface area contributed by atoms with Gasteiger partial charge in [0.05, 0.1) is 5.41 Å². The maximum Gasteiger partial charge on any atom is 0.232 e. The van der Waals surface area contributed by atoms with Gasteiger partial charge in [-0.3, -0.25) is 9.59 Å². The van der Waals surface area contributed by atoms with Crippen LogP contribution in [0.25, 0.3) is 0 Å². The van der Waals surface area contributed by atoms with Gasteiger partial charge in [-0.2, -0.15) is 0 Å². The molecule has 1 saturated heterocycles.